The van der Waals surface area contributed by atoms with Gasteiger partial charge in [-0.3, -0.25) is 0 Å². The van der Waals surface area contributed by atoms with Crippen molar-refractivity contribution in [1.82, 2.24) is 0 Å². The molecule has 0 saturated carbocycles. The fourth-order valence-electron chi connectivity index (χ4n) is 1.74. The number of hydrogen-bond donors (Lipinski definition) is 1. The average Bonchev–Trinajstić information content (AvgIpc) is 2.39. The molecule has 0 heterocycles. The van der Waals surface area contributed by atoms with E-state index in [4.69, 9.17) is 10.6 Å². The van der Waals surface area contributed by atoms with Gasteiger partial charge in [0.05, 0.1) is 6.21 Å². The predicted molar refractivity (Wildman–Crippen MR) is 73.7 cm³/mol. The first-order valence-electron chi connectivity index (χ1n) is 5.80. The van der Waals surface area contributed by atoms with Gasteiger partial charge in [-0.05, 0) is 41.8 Å². The van der Waals surface area contributed by atoms with E-state index in [-0.39, 0.29) is 0 Å². The maximum atomic E-state index is 5.78. The third kappa shape index (κ3) is 3.10. The summed E-state index contributed by atoms with van der Waals surface area (Å²) in [6.07, 6.45) is 1.62. The molecule has 0 spiro atoms. The Kier molecular flexibility index (Phi) is 3.97. The van der Waals surface area contributed by atoms with Crippen molar-refractivity contribution in [3.8, 4) is 5.75 Å². The summed E-state index contributed by atoms with van der Waals surface area (Å²) >= 11 is 0. The molecular weight excluding hydrogens is 224 g/mol. The minimum absolute atomic E-state index is 0.575. The van der Waals surface area contributed by atoms with E-state index in [0.29, 0.717) is 6.61 Å². The molecule has 0 aliphatic heterocycles. The van der Waals surface area contributed by atoms with Crippen LogP contribution in [0.2, 0.25) is 0 Å². The smallest absolute Gasteiger partial charge is 0.122 e. The Hall–Kier alpha value is -2.29. The summed E-state index contributed by atoms with van der Waals surface area (Å²) in [6, 6.07) is 16.0. The van der Waals surface area contributed by atoms with Crippen molar-refractivity contribution in [3.05, 3.63) is 65.2 Å². The van der Waals surface area contributed by atoms with E-state index in [1.54, 1.807) is 6.21 Å². The number of hydrogen-bond acceptors (Lipinski definition) is 3. The molecule has 0 fully saturated rings. The fraction of sp³-hybridized carbons (Fsp3) is 0.133. The molecule has 0 aliphatic rings. The van der Waals surface area contributed by atoms with Gasteiger partial charge in [-0.2, -0.15) is 5.10 Å². The zero-order valence-electron chi connectivity index (χ0n) is 10.3. The Bertz CT molecular complexity index is 535. The van der Waals surface area contributed by atoms with Gasteiger partial charge in [0.15, 0.2) is 0 Å². The van der Waals surface area contributed by atoms with Gasteiger partial charge in [0.2, 0.25) is 0 Å². The highest BCUT2D eigenvalue weighted by Gasteiger charge is 2.01. The number of nitrogens with two attached hydrogens (primary N) is 1. The van der Waals surface area contributed by atoms with Crippen molar-refractivity contribution in [2.75, 3.05) is 0 Å². The Labute approximate surface area is 107 Å². The lowest BCUT2D eigenvalue weighted by molar-refractivity contribution is 0.304. The fourth-order valence-corrected chi connectivity index (χ4v) is 1.74. The van der Waals surface area contributed by atoms with Crippen LogP contribution >= 0.6 is 0 Å². The van der Waals surface area contributed by atoms with Crippen molar-refractivity contribution in [3.63, 3.8) is 0 Å². The summed E-state index contributed by atoms with van der Waals surface area (Å²) in [7, 11) is 0. The molecule has 3 nitrogen and oxygen atoms in total. The second-order valence-corrected chi connectivity index (χ2v) is 4.08. The summed E-state index contributed by atoms with van der Waals surface area (Å²) in [5, 5.41) is 3.50. The molecule has 2 N–H and O–H groups in total. The topological polar surface area (TPSA) is 47.6 Å². The predicted octanol–water partition coefficient (Wildman–Crippen LogP) is 2.87. The van der Waals surface area contributed by atoms with Gasteiger partial charge in [-0.25, -0.2) is 0 Å². The molecule has 2 rings (SSSR count). The van der Waals surface area contributed by atoms with Gasteiger partial charge in [0.25, 0.3) is 0 Å². The van der Waals surface area contributed by atoms with E-state index in [9.17, 15) is 0 Å². The summed E-state index contributed by atoms with van der Waals surface area (Å²) in [5.41, 5.74) is 3.20. The maximum Gasteiger partial charge on any atom is 0.122 e. The summed E-state index contributed by atoms with van der Waals surface area (Å²) in [4.78, 5) is 0. The van der Waals surface area contributed by atoms with Crippen molar-refractivity contribution >= 4 is 6.21 Å². The minimum atomic E-state index is 0.575. The van der Waals surface area contributed by atoms with Gasteiger partial charge in [-0.15, -0.1) is 0 Å². The number of hydrazone groups is 1. The largest absolute Gasteiger partial charge is 0.489 e. The molecule has 0 atom stereocenters. The lowest BCUT2D eigenvalue weighted by Gasteiger charge is -2.09. The minimum Gasteiger partial charge on any atom is -0.489 e. The number of benzene rings is 2. The van der Waals surface area contributed by atoms with E-state index in [2.05, 4.69) is 5.10 Å². The molecule has 0 aromatic heterocycles. The Balaban J connectivity index is 2.06. The molecule has 2 aromatic carbocycles. The highest BCUT2D eigenvalue weighted by molar-refractivity contribution is 5.80. The van der Waals surface area contributed by atoms with Gasteiger partial charge < -0.3 is 10.6 Å². The monoisotopic (exact) mass is 240 g/mol. The van der Waals surface area contributed by atoms with Crippen LogP contribution in [-0.4, -0.2) is 6.21 Å². The van der Waals surface area contributed by atoms with E-state index in [1.807, 2.05) is 55.5 Å². The van der Waals surface area contributed by atoms with Gasteiger partial charge in [-0.1, -0.05) is 30.3 Å². The van der Waals surface area contributed by atoms with Gasteiger partial charge in [0.1, 0.15) is 12.4 Å². The second kappa shape index (κ2) is 5.87. The van der Waals surface area contributed by atoms with Crippen LogP contribution in [0.5, 0.6) is 5.75 Å². The zero-order chi connectivity index (χ0) is 12.8. The lowest BCUT2D eigenvalue weighted by Crippen LogP contribution is -1.97. The summed E-state index contributed by atoms with van der Waals surface area (Å²) in [5.74, 6) is 6.00. The number of aryl methyl sites for hydroxylation is 1. The number of rotatable bonds is 4. The number of ether oxygens (including phenoxy) is 1. The average molecular weight is 240 g/mol. The molecular formula is C15H16N2O. The van der Waals surface area contributed by atoms with Crippen LogP contribution in [0.4, 0.5) is 0 Å². The first-order chi connectivity index (χ1) is 8.79. The second-order valence-electron chi connectivity index (χ2n) is 4.08. The van der Waals surface area contributed by atoms with Crippen LogP contribution in [0.3, 0.4) is 0 Å². The highest BCUT2D eigenvalue weighted by atomic mass is 16.5. The number of nitrogens with zero attached hydrogens (tertiary/aromatic N) is 1. The normalized spacial score (nSPS) is 10.7. The first-order valence-corrected chi connectivity index (χ1v) is 5.80. The zero-order valence-corrected chi connectivity index (χ0v) is 10.3. The van der Waals surface area contributed by atoms with Gasteiger partial charge in [0, 0.05) is 0 Å². The van der Waals surface area contributed by atoms with E-state index in [1.165, 1.54) is 0 Å². The van der Waals surface area contributed by atoms with E-state index in [0.717, 1.165) is 22.4 Å². The van der Waals surface area contributed by atoms with Crippen LogP contribution < -0.4 is 10.6 Å². The third-order valence-corrected chi connectivity index (χ3v) is 2.66. The quantitative estimate of drug-likeness (QED) is 0.507. The van der Waals surface area contributed by atoms with Crippen LogP contribution in [0.15, 0.2) is 53.6 Å². The Morgan fingerprint density at radius 3 is 2.61 bits per heavy atom. The van der Waals surface area contributed by atoms with Crippen LogP contribution in [0.1, 0.15) is 16.7 Å². The molecule has 18 heavy (non-hydrogen) atoms. The van der Waals surface area contributed by atoms with Crippen LogP contribution in [-0.2, 0) is 6.61 Å². The van der Waals surface area contributed by atoms with Crippen LogP contribution in [0.25, 0.3) is 0 Å². The molecule has 2 aromatic rings. The van der Waals surface area contributed by atoms with E-state index >= 15 is 0 Å². The molecule has 0 aliphatic carbocycles. The molecule has 0 saturated heterocycles. The standard InChI is InChI=1S/C15H16N2O/c1-12-9-14(10-17-16)7-8-15(12)18-11-13-5-3-2-4-6-13/h2-10H,11,16H2,1H3. The molecule has 0 radical (unpaired) electrons. The molecule has 92 valence electrons. The summed E-state index contributed by atoms with van der Waals surface area (Å²) in [6.45, 7) is 2.58. The highest BCUT2D eigenvalue weighted by Crippen LogP contribution is 2.19. The van der Waals surface area contributed by atoms with Crippen molar-refractivity contribution in [2.24, 2.45) is 10.9 Å². The molecule has 0 unspecified atom stereocenters. The lowest BCUT2D eigenvalue weighted by atomic mass is 10.1. The third-order valence-electron chi connectivity index (χ3n) is 2.66. The Morgan fingerprint density at radius 2 is 1.94 bits per heavy atom. The van der Waals surface area contributed by atoms with Gasteiger partial charge >= 0.3 is 0 Å². The van der Waals surface area contributed by atoms with Crippen LogP contribution in [0, 0.1) is 6.92 Å². The SMILES string of the molecule is Cc1cc(C=NN)ccc1OCc1ccccc1. The van der Waals surface area contributed by atoms with Crippen molar-refractivity contribution in [2.45, 2.75) is 13.5 Å². The Morgan fingerprint density at radius 1 is 1.17 bits per heavy atom. The molecule has 0 amide bonds. The molecule has 0 bridgehead atoms. The summed E-state index contributed by atoms with van der Waals surface area (Å²) < 4.78 is 5.78. The van der Waals surface area contributed by atoms with E-state index < -0.39 is 0 Å². The van der Waals surface area contributed by atoms with Crippen molar-refractivity contribution < 1.29 is 4.74 Å². The molecule has 3 heteroatoms. The van der Waals surface area contributed by atoms with Crippen molar-refractivity contribution in [1.29, 1.82) is 0 Å². The maximum absolute atomic E-state index is 5.78. The first kappa shape index (κ1) is 12.2.